The molecule has 0 unspecified atom stereocenters. The van der Waals surface area contributed by atoms with Gasteiger partial charge in [0.1, 0.15) is 5.82 Å². The van der Waals surface area contributed by atoms with Crippen LogP contribution in [-0.2, 0) is 17.5 Å². The topological polar surface area (TPSA) is 88.9 Å². The van der Waals surface area contributed by atoms with Gasteiger partial charge in [0.05, 0.1) is 34.1 Å². The van der Waals surface area contributed by atoms with Crippen LogP contribution in [0.4, 0.5) is 23.2 Å². The fourth-order valence-electron chi connectivity index (χ4n) is 3.48. The van der Waals surface area contributed by atoms with E-state index in [9.17, 15) is 27.2 Å². The van der Waals surface area contributed by atoms with E-state index < -0.39 is 29.4 Å². The van der Waals surface area contributed by atoms with Gasteiger partial charge in [0.25, 0.3) is 5.91 Å². The molecule has 0 spiro atoms. The molecule has 2 amide bonds. The van der Waals surface area contributed by atoms with E-state index in [2.05, 4.69) is 36.8 Å². The summed E-state index contributed by atoms with van der Waals surface area (Å²) in [5, 5.41) is 13.2. The Morgan fingerprint density at radius 1 is 1.00 bits per heavy atom. The van der Waals surface area contributed by atoms with Gasteiger partial charge in [-0.3, -0.25) is 14.2 Å². The number of nitrogens with zero attached hydrogens (tertiary/aromatic N) is 3. The van der Waals surface area contributed by atoms with Crippen molar-refractivity contribution in [3.05, 3.63) is 99.0 Å². The number of aromatic nitrogens is 3. The second-order valence-corrected chi connectivity index (χ2v) is 10.1. The Hall–Kier alpha value is -3.42. The smallest absolute Gasteiger partial charge is 0.345 e. The predicted octanol–water partition coefficient (Wildman–Crippen LogP) is 6.50. The summed E-state index contributed by atoms with van der Waals surface area (Å²) in [4.78, 5) is 25.1. The molecule has 4 rings (SSSR count). The Morgan fingerprint density at radius 3 is 2.41 bits per heavy atom. The number of amides is 2. The standard InChI is InChI=1S/C25H17BrClF4N5O2S/c26-14-8-10-15(11-9-14)36-20(12-32-23(38)22-17(27)5-3-6-18(22)28)34-35-24(36)39-13-21(37)33-19-7-2-1-4-16(19)25(29,30)31/h1-11H,12-13H2,(H,32,38)(H,33,37). The number of para-hydroxylation sites is 1. The summed E-state index contributed by atoms with van der Waals surface area (Å²) in [6.07, 6.45) is -4.63. The number of hydrogen-bond donors (Lipinski definition) is 2. The minimum atomic E-state index is -4.63. The lowest BCUT2D eigenvalue weighted by Crippen LogP contribution is -2.26. The van der Waals surface area contributed by atoms with Gasteiger partial charge in [-0.05, 0) is 48.5 Å². The highest BCUT2D eigenvalue weighted by Crippen LogP contribution is 2.34. The maximum Gasteiger partial charge on any atom is 0.418 e. The maximum atomic E-state index is 14.1. The summed E-state index contributed by atoms with van der Waals surface area (Å²) in [7, 11) is 0. The van der Waals surface area contributed by atoms with Crippen molar-refractivity contribution in [1.29, 1.82) is 0 Å². The first kappa shape index (κ1) is 28.6. The summed E-state index contributed by atoms with van der Waals surface area (Å²) in [6.45, 7) is -0.168. The number of nitrogens with one attached hydrogen (secondary N) is 2. The van der Waals surface area contributed by atoms with Crippen molar-refractivity contribution in [2.24, 2.45) is 0 Å². The number of rotatable bonds is 8. The van der Waals surface area contributed by atoms with Gasteiger partial charge >= 0.3 is 6.18 Å². The van der Waals surface area contributed by atoms with E-state index in [4.69, 9.17) is 11.6 Å². The number of thioether (sulfide) groups is 1. The lowest BCUT2D eigenvalue weighted by molar-refractivity contribution is -0.137. The lowest BCUT2D eigenvalue weighted by atomic mass is 10.1. The number of anilines is 1. The molecular weight excluding hydrogens is 626 g/mol. The molecule has 0 radical (unpaired) electrons. The highest BCUT2D eigenvalue weighted by atomic mass is 79.9. The van der Waals surface area contributed by atoms with Crippen molar-refractivity contribution in [1.82, 2.24) is 20.1 Å². The molecule has 2 N–H and O–H groups in total. The van der Waals surface area contributed by atoms with Crippen molar-refractivity contribution in [2.75, 3.05) is 11.1 Å². The Morgan fingerprint density at radius 2 is 1.72 bits per heavy atom. The van der Waals surface area contributed by atoms with Crippen LogP contribution in [0.25, 0.3) is 5.69 Å². The van der Waals surface area contributed by atoms with Gasteiger partial charge in [-0.15, -0.1) is 10.2 Å². The molecule has 0 aliphatic carbocycles. The number of carbonyl (C=O) groups excluding carboxylic acids is 2. The van der Waals surface area contributed by atoms with E-state index in [0.29, 0.717) is 5.69 Å². The first-order valence-electron chi connectivity index (χ1n) is 11.1. The average molecular weight is 643 g/mol. The largest absolute Gasteiger partial charge is 0.418 e. The van der Waals surface area contributed by atoms with E-state index in [0.717, 1.165) is 28.4 Å². The van der Waals surface area contributed by atoms with Crippen LogP contribution in [0.2, 0.25) is 5.02 Å². The van der Waals surface area contributed by atoms with E-state index >= 15 is 0 Å². The van der Waals surface area contributed by atoms with Gasteiger partial charge in [0.2, 0.25) is 5.91 Å². The molecule has 3 aromatic carbocycles. The molecule has 0 saturated carbocycles. The van der Waals surface area contributed by atoms with Gasteiger partial charge in [-0.1, -0.05) is 57.5 Å². The molecule has 0 aliphatic heterocycles. The molecular formula is C25H17BrClF4N5O2S. The monoisotopic (exact) mass is 641 g/mol. The van der Waals surface area contributed by atoms with Gasteiger partial charge in [0, 0.05) is 10.2 Å². The van der Waals surface area contributed by atoms with Crippen LogP contribution >= 0.6 is 39.3 Å². The Kier molecular flexibility index (Phi) is 8.93. The molecule has 7 nitrogen and oxygen atoms in total. The number of alkyl halides is 3. The molecule has 14 heteroatoms. The first-order valence-corrected chi connectivity index (χ1v) is 13.2. The van der Waals surface area contributed by atoms with Crippen molar-refractivity contribution < 1.29 is 27.2 Å². The lowest BCUT2D eigenvalue weighted by Gasteiger charge is -2.14. The minimum Gasteiger partial charge on any atom is -0.345 e. The molecule has 4 aromatic rings. The summed E-state index contributed by atoms with van der Waals surface area (Å²) >= 11 is 10.3. The number of hydrogen-bond acceptors (Lipinski definition) is 5. The molecule has 39 heavy (non-hydrogen) atoms. The van der Waals surface area contributed by atoms with E-state index in [-0.39, 0.29) is 39.6 Å². The van der Waals surface area contributed by atoms with E-state index in [1.54, 1.807) is 28.8 Å². The van der Waals surface area contributed by atoms with Gasteiger partial charge in [-0.25, -0.2) is 4.39 Å². The highest BCUT2D eigenvalue weighted by Gasteiger charge is 2.33. The van der Waals surface area contributed by atoms with Gasteiger partial charge < -0.3 is 10.6 Å². The van der Waals surface area contributed by atoms with Crippen LogP contribution in [0.1, 0.15) is 21.7 Å². The maximum absolute atomic E-state index is 14.1. The molecule has 202 valence electrons. The second-order valence-electron chi connectivity index (χ2n) is 7.87. The zero-order valence-electron chi connectivity index (χ0n) is 19.6. The summed E-state index contributed by atoms with van der Waals surface area (Å²) < 4.78 is 56.3. The zero-order chi connectivity index (χ0) is 28.2. The van der Waals surface area contributed by atoms with Gasteiger partial charge in [0.15, 0.2) is 11.0 Å². The SMILES string of the molecule is O=C(CSc1nnc(CNC(=O)c2c(F)cccc2Cl)n1-c1ccc(Br)cc1)Nc1ccccc1C(F)(F)F. The van der Waals surface area contributed by atoms with Crippen molar-refractivity contribution in [3.8, 4) is 5.69 Å². The van der Waals surface area contributed by atoms with Crippen LogP contribution in [0, 0.1) is 5.82 Å². The third-order valence-corrected chi connectivity index (χ3v) is 6.99. The molecule has 0 aliphatic rings. The van der Waals surface area contributed by atoms with Crippen LogP contribution in [0.3, 0.4) is 0 Å². The molecule has 1 aromatic heterocycles. The fourth-order valence-corrected chi connectivity index (χ4v) is 4.76. The Balaban J connectivity index is 1.53. The summed E-state index contributed by atoms with van der Waals surface area (Å²) in [5.74, 6) is -2.27. The minimum absolute atomic E-state index is 0.0590. The molecule has 0 fully saturated rings. The third kappa shape index (κ3) is 6.97. The van der Waals surface area contributed by atoms with E-state index in [1.807, 2.05) is 0 Å². The van der Waals surface area contributed by atoms with Crippen LogP contribution in [-0.4, -0.2) is 32.3 Å². The number of carbonyl (C=O) groups is 2. The Bertz CT molecular complexity index is 1500. The van der Waals surface area contributed by atoms with Crippen molar-refractivity contribution in [2.45, 2.75) is 17.9 Å². The summed E-state index contributed by atoms with van der Waals surface area (Å²) in [5.41, 5.74) is -1.06. The third-order valence-electron chi connectivity index (χ3n) is 5.22. The van der Waals surface area contributed by atoms with Gasteiger partial charge in [-0.2, -0.15) is 13.2 Å². The molecule has 0 bridgehead atoms. The molecule has 0 saturated heterocycles. The summed E-state index contributed by atoms with van der Waals surface area (Å²) in [6, 6.07) is 15.5. The molecule has 1 heterocycles. The van der Waals surface area contributed by atoms with Crippen molar-refractivity contribution in [3.63, 3.8) is 0 Å². The van der Waals surface area contributed by atoms with Crippen LogP contribution in [0.5, 0.6) is 0 Å². The van der Waals surface area contributed by atoms with Crippen LogP contribution < -0.4 is 10.6 Å². The van der Waals surface area contributed by atoms with Crippen molar-refractivity contribution >= 4 is 56.8 Å². The van der Waals surface area contributed by atoms with E-state index in [1.165, 1.54) is 30.3 Å². The number of halogens is 6. The average Bonchev–Trinajstić information content (AvgIpc) is 3.29. The highest BCUT2D eigenvalue weighted by molar-refractivity contribution is 9.10. The Labute approximate surface area is 237 Å². The van der Waals surface area contributed by atoms with Crippen LogP contribution in [0.15, 0.2) is 76.4 Å². The fraction of sp³-hybridized carbons (Fsp3) is 0.120. The molecule has 0 atom stereocenters. The zero-order valence-corrected chi connectivity index (χ0v) is 22.8. The predicted molar refractivity (Wildman–Crippen MR) is 142 cm³/mol. The number of benzene rings is 3. The quantitative estimate of drug-likeness (QED) is 0.169. The normalized spacial score (nSPS) is 11.3. The first-order chi connectivity index (χ1) is 18.5. The second kappa shape index (κ2) is 12.2.